The molecule has 1 saturated heterocycles. The van der Waals surface area contributed by atoms with Crippen LogP contribution in [-0.2, 0) is 4.79 Å². The fourth-order valence-electron chi connectivity index (χ4n) is 2.96. The minimum absolute atomic E-state index is 0.525. The summed E-state index contributed by atoms with van der Waals surface area (Å²) in [7, 11) is 4.17. The van der Waals surface area contributed by atoms with Crippen LogP contribution in [-0.4, -0.2) is 60.6 Å². The highest BCUT2D eigenvalue weighted by Crippen LogP contribution is 2.31. The van der Waals surface area contributed by atoms with Gasteiger partial charge in [0.2, 0.25) is 0 Å². The topological polar surface area (TPSA) is 43.8 Å². The highest BCUT2D eigenvalue weighted by Gasteiger charge is 2.39. The lowest BCUT2D eigenvalue weighted by atomic mass is 9.81. The molecule has 0 spiro atoms. The Morgan fingerprint density at radius 2 is 2.00 bits per heavy atom. The summed E-state index contributed by atoms with van der Waals surface area (Å²) in [6, 6.07) is 0.525. The van der Waals surface area contributed by atoms with Crippen LogP contribution < -0.4 is 0 Å². The van der Waals surface area contributed by atoms with E-state index in [1.807, 2.05) is 13.8 Å². The van der Waals surface area contributed by atoms with Crippen LogP contribution in [0.2, 0.25) is 0 Å². The molecule has 1 aliphatic rings. The maximum atomic E-state index is 11.6. The van der Waals surface area contributed by atoms with Gasteiger partial charge in [0.05, 0.1) is 5.41 Å². The van der Waals surface area contributed by atoms with Gasteiger partial charge in [0, 0.05) is 19.1 Å². The first-order valence-electron chi connectivity index (χ1n) is 7.07. The highest BCUT2D eigenvalue weighted by atomic mass is 16.4. The van der Waals surface area contributed by atoms with E-state index in [0.717, 1.165) is 13.1 Å². The van der Waals surface area contributed by atoms with Crippen molar-refractivity contribution in [2.45, 2.75) is 45.6 Å². The third-order valence-corrected chi connectivity index (χ3v) is 4.39. The van der Waals surface area contributed by atoms with Gasteiger partial charge >= 0.3 is 5.97 Å². The van der Waals surface area contributed by atoms with E-state index in [-0.39, 0.29) is 0 Å². The predicted octanol–water partition coefficient (Wildman–Crippen LogP) is 1.90. The zero-order chi connectivity index (χ0) is 13.8. The van der Waals surface area contributed by atoms with Gasteiger partial charge in [-0.25, -0.2) is 0 Å². The van der Waals surface area contributed by atoms with Gasteiger partial charge in [0.15, 0.2) is 0 Å². The van der Waals surface area contributed by atoms with E-state index in [1.54, 1.807) is 0 Å². The highest BCUT2D eigenvalue weighted by molar-refractivity contribution is 5.74. The van der Waals surface area contributed by atoms with Crippen LogP contribution in [0.5, 0.6) is 0 Å². The van der Waals surface area contributed by atoms with Crippen LogP contribution in [0.25, 0.3) is 0 Å². The minimum atomic E-state index is -0.636. The third-order valence-electron chi connectivity index (χ3n) is 4.39. The van der Waals surface area contributed by atoms with Crippen molar-refractivity contribution in [2.75, 3.05) is 33.7 Å². The second kappa shape index (κ2) is 6.53. The van der Waals surface area contributed by atoms with Gasteiger partial charge in [-0.1, -0.05) is 13.8 Å². The number of hydrogen-bond acceptors (Lipinski definition) is 3. The number of nitrogens with zero attached hydrogens (tertiary/aromatic N) is 2. The van der Waals surface area contributed by atoms with Gasteiger partial charge in [-0.3, -0.25) is 9.69 Å². The summed E-state index contributed by atoms with van der Waals surface area (Å²) in [5.41, 5.74) is -0.561. The maximum absolute atomic E-state index is 11.6. The van der Waals surface area contributed by atoms with Crippen LogP contribution in [0.4, 0.5) is 0 Å². The summed E-state index contributed by atoms with van der Waals surface area (Å²) in [5.74, 6) is -0.636. The first-order valence-corrected chi connectivity index (χ1v) is 7.07. The number of carbonyl (C=O) groups is 1. The van der Waals surface area contributed by atoms with Crippen molar-refractivity contribution in [2.24, 2.45) is 5.41 Å². The molecule has 4 nitrogen and oxygen atoms in total. The molecule has 0 aromatic carbocycles. The molecular formula is C14H28N2O2. The summed E-state index contributed by atoms with van der Waals surface area (Å²) >= 11 is 0. The molecule has 0 aliphatic carbocycles. The van der Waals surface area contributed by atoms with E-state index < -0.39 is 11.4 Å². The summed E-state index contributed by atoms with van der Waals surface area (Å²) in [4.78, 5) is 16.2. The molecule has 1 N–H and O–H groups in total. The first-order chi connectivity index (χ1) is 8.45. The van der Waals surface area contributed by atoms with E-state index in [1.165, 1.54) is 12.8 Å². The summed E-state index contributed by atoms with van der Waals surface area (Å²) in [5, 5.41) is 9.52. The Morgan fingerprint density at radius 3 is 2.44 bits per heavy atom. The third kappa shape index (κ3) is 3.45. The van der Waals surface area contributed by atoms with Crippen molar-refractivity contribution in [1.82, 2.24) is 9.80 Å². The van der Waals surface area contributed by atoms with Crippen molar-refractivity contribution >= 4 is 5.97 Å². The molecule has 1 heterocycles. The standard InChI is InChI=1S/C14H28N2O2/c1-5-14(6-2,13(17)18)11-16-9-7-8-12(16)10-15(3)4/h12H,5-11H2,1-4H3,(H,17,18). The van der Waals surface area contributed by atoms with Crippen molar-refractivity contribution in [3.05, 3.63) is 0 Å². The fraction of sp³-hybridized carbons (Fsp3) is 0.929. The molecule has 0 radical (unpaired) electrons. The molecular weight excluding hydrogens is 228 g/mol. The van der Waals surface area contributed by atoms with Gasteiger partial charge in [-0.05, 0) is 46.3 Å². The minimum Gasteiger partial charge on any atom is -0.481 e. The van der Waals surface area contributed by atoms with E-state index in [0.29, 0.717) is 25.4 Å². The van der Waals surface area contributed by atoms with Crippen LogP contribution in [0.1, 0.15) is 39.5 Å². The number of likely N-dealkylation sites (tertiary alicyclic amines) is 1. The van der Waals surface area contributed by atoms with Crippen LogP contribution in [0.3, 0.4) is 0 Å². The number of likely N-dealkylation sites (N-methyl/N-ethyl adjacent to an activating group) is 1. The zero-order valence-corrected chi connectivity index (χ0v) is 12.3. The molecule has 4 heteroatoms. The molecule has 1 atom stereocenters. The van der Waals surface area contributed by atoms with Gasteiger partial charge in [-0.15, -0.1) is 0 Å². The zero-order valence-electron chi connectivity index (χ0n) is 12.3. The van der Waals surface area contributed by atoms with E-state index in [2.05, 4.69) is 23.9 Å². The maximum Gasteiger partial charge on any atom is 0.310 e. The smallest absolute Gasteiger partial charge is 0.310 e. The molecule has 1 unspecified atom stereocenters. The van der Waals surface area contributed by atoms with Crippen LogP contribution in [0, 0.1) is 5.41 Å². The Kier molecular flexibility index (Phi) is 5.60. The Morgan fingerprint density at radius 1 is 1.39 bits per heavy atom. The average Bonchev–Trinajstić information content (AvgIpc) is 2.72. The normalized spacial score (nSPS) is 21.7. The van der Waals surface area contributed by atoms with E-state index in [4.69, 9.17) is 0 Å². The largest absolute Gasteiger partial charge is 0.481 e. The number of carboxylic acids is 1. The lowest BCUT2D eigenvalue weighted by Crippen LogP contribution is -2.46. The fourth-order valence-corrected chi connectivity index (χ4v) is 2.96. The first kappa shape index (κ1) is 15.4. The summed E-state index contributed by atoms with van der Waals surface area (Å²) in [6.07, 6.45) is 3.82. The Balaban J connectivity index is 2.71. The van der Waals surface area contributed by atoms with Crippen molar-refractivity contribution in [1.29, 1.82) is 0 Å². The van der Waals surface area contributed by atoms with Gasteiger partial charge < -0.3 is 10.0 Å². The van der Waals surface area contributed by atoms with Gasteiger partial charge in [0.25, 0.3) is 0 Å². The van der Waals surface area contributed by atoms with Gasteiger partial charge in [0.1, 0.15) is 0 Å². The quantitative estimate of drug-likeness (QED) is 0.755. The predicted molar refractivity (Wildman–Crippen MR) is 73.8 cm³/mol. The molecule has 1 rings (SSSR count). The lowest BCUT2D eigenvalue weighted by Gasteiger charge is -2.35. The van der Waals surface area contributed by atoms with Gasteiger partial charge in [-0.2, -0.15) is 0 Å². The molecule has 0 saturated carbocycles. The number of aliphatic carboxylic acids is 1. The average molecular weight is 256 g/mol. The number of rotatable bonds is 7. The van der Waals surface area contributed by atoms with Crippen LogP contribution >= 0.6 is 0 Å². The van der Waals surface area contributed by atoms with Crippen LogP contribution in [0.15, 0.2) is 0 Å². The molecule has 18 heavy (non-hydrogen) atoms. The molecule has 0 aromatic heterocycles. The number of carboxylic acid groups (broad SMARTS) is 1. The molecule has 1 fully saturated rings. The molecule has 0 bridgehead atoms. The molecule has 0 aromatic rings. The monoisotopic (exact) mass is 256 g/mol. The SMILES string of the molecule is CCC(CC)(CN1CCCC1CN(C)C)C(=O)O. The Hall–Kier alpha value is -0.610. The van der Waals surface area contributed by atoms with Crippen molar-refractivity contribution < 1.29 is 9.90 Å². The number of hydrogen-bond donors (Lipinski definition) is 1. The van der Waals surface area contributed by atoms with E-state index >= 15 is 0 Å². The lowest BCUT2D eigenvalue weighted by molar-refractivity contribution is -0.151. The van der Waals surface area contributed by atoms with E-state index in [9.17, 15) is 9.90 Å². The molecule has 1 aliphatic heterocycles. The molecule has 0 amide bonds. The second-order valence-electron chi connectivity index (χ2n) is 5.82. The summed E-state index contributed by atoms with van der Waals surface area (Å²) < 4.78 is 0. The molecule has 106 valence electrons. The Labute approximate surface area is 111 Å². The van der Waals surface area contributed by atoms with Crippen molar-refractivity contribution in [3.63, 3.8) is 0 Å². The van der Waals surface area contributed by atoms with Crippen molar-refractivity contribution in [3.8, 4) is 0 Å². The Bertz CT molecular complexity index is 275. The second-order valence-corrected chi connectivity index (χ2v) is 5.82. The summed E-state index contributed by atoms with van der Waals surface area (Å²) in [6.45, 7) is 6.77.